The summed E-state index contributed by atoms with van der Waals surface area (Å²) >= 11 is 3.68. The molecule has 1 aliphatic rings. The van der Waals surface area contributed by atoms with Gasteiger partial charge in [0.05, 0.1) is 16.8 Å². The van der Waals surface area contributed by atoms with Gasteiger partial charge in [0.2, 0.25) is 0 Å². The molecular weight excluding hydrogens is 469 g/mol. The Balaban J connectivity index is 1.38. The van der Waals surface area contributed by atoms with Crippen molar-refractivity contribution in [3.05, 3.63) is 53.0 Å². The average molecular weight is 504 g/mol. The van der Waals surface area contributed by atoms with E-state index in [4.69, 9.17) is 10.5 Å². The van der Waals surface area contributed by atoms with Crippen LogP contribution in [0.5, 0.6) is 5.75 Å². The molecule has 2 aromatic heterocycles. The van der Waals surface area contributed by atoms with Crippen molar-refractivity contribution in [2.45, 2.75) is 42.6 Å². The first-order chi connectivity index (χ1) is 16.6. The highest BCUT2D eigenvalue weighted by Gasteiger charge is 2.35. The number of halogens is 1. The minimum atomic E-state index is -1.17. The third kappa shape index (κ3) is 5.91. The topological polar surface area (TPSA) is 71.6 Å². The highest BCUT2D eigenvalue weighted by molar-refractivity contribution is 8.01. The molecule has 8 heteroatoms. The molecule has 1 atom stereocenters. The highest BCUT2D eigenvalue weighted by Crippen LogP contribution is 2.41. The first-order valence-electron chi connectivity index (χ1n) is 11.9. The fraction of sp³-hybridized carbons (Fsp3) is 0.500. The van der Waals surface area contributed by atoms with E-state index < -0.39 is 6.17 Å². The van der Waals surface area contributed by atoms with Gasteiger partial charge in [-0.05, 0) is 79.4 Å². The van der Waals surface area contributed by atoms with E-state index in [1.54, 1.807) is 24.6 Å². The number of rotatable bonds is 11. The van der Waals surface area contributed by atoms with E-state index in [0.29, 0.717) is 24.2 Å². The first kappa shape index (κ1) is 25.4. The first-order valence-corrected chi connectivity index (χ1v) is 13.7. The molecule has 0 bridgehead atoms. The third-order valence-corrected chi connectivity index (χ3v) is 9.17. The van der Waals surface area contributed by atoms with Crippen molar-refractivity contribution in [1.29, 1.82) is 0 Å². The number of likely N-dealkylation sites (tertiary alicyclic amines) is 1. The molecule has 0 saturated carbocycles. The zero-order chi connectivity index (χ0) is 24.0. The lowest BCUT2D eigenvalue weighted by atomic mass is 9.74. The Morgan fingerprint density at radius 2 is 2.15 bits per heavy atom. The number of nitrogens with zero attached hydrogens (tertiary/aromatic N) is 2. The van der Waals surface area contributed by atoms with Gasteiger partial charge in [0, 0.05) is 42.6 Å². The number of aliphatic hydroxyl groups is 1. The van der Waals surface area contributed by atoms with Gasteiger partial charge < -0.3 is 20.5 Å². The van der Waals surface area contributed by atoms with Gasteiger partial charge in [-0.3, -0.25) is 4.98 Å². The van der Waals surface area contributed by atoms with Gasteiger partial charge in [-0.15, -0.1) is 23.1 Å². The summed E-state index contributed by atoms with van der Waals surface area (Å²) in [6, 6.07) is 9.78. The van der Waals surface area contributed by atoms with Gasteiger partial charge in [0.15, 0.2) is 0 Å². The van der Waals surface area contributed by atoms with Crippen LogP contribution in [0.1, 0.15) is 43.0 Å². The Kier molecular flexibility index (Phi) is 8.82. The minimum absolute atomic E-state index is 0.103. The molecule has 0 unspecified atom stereocenters. The van der Waals surface area contributed by atoms with E-state index in [1.165, 1.54) is 4.21 Å². The largest absolute Gasteiger partial charge is 0.497 e. The normalized spacial score (nSPS) is 17.2. The number of aliphatic hydroxyl groups excluding tert-OH is 1. The molecule has 0 radical (unpaired) electrons. The maximum Gasteiger partial charge on any atom is 0.126 e. The molecule has 5 nitrogen and oxygen atoms in total. The number of fused-ring (bicyclic) bond motifs is 1. The molecule has 3 aromatic rings. The van der Waals surface area contributed by atoms with Crippen molar-refractivity contribution < 1.29 is 14.2 Å². The van der Waals surface area contributed by atoms with E-state index in [0.717, 1.165) is 54.7 Å². The van der Waals surface area contributed by atoms with Crippen LogP contribution in [0.2, 0.25) is 0 Å². The highest BCUT2D eigenvalue weighted by atomic mass is 32.2. The second kappa shape index (κ2) is 11.8. The van der Waals surface area contributed by atoms with E-state index in [9.17, 15) is 5.11 Å². The van der Waals surface area contributed by atoms with E-state index >= 15 is 4.39 Å². The van der Waals surface area contributed by atoms with Crippen molar-refractivity contribution in [3.63, 3.8) is 0 Å². The second-order valence-corrected chi connectivity index (χ2v) is 11.4. The summed E-state index contributed by atoms with van der Waals surface area (Å²) in [6.45, 7) is 3.28. The number of methoxy groups -OCH3 is 1. The number of thiophene rings is 1. The second-order valence-electron chi connectivity index (χ2n) is 9.07. The number of hydrogen-bond donors (Lipinski definition) is 2. The van der Waals surface area contributed by atoms with Crippen LogP contribution in [0.15, 0.2) is 46.1 Å². The summed E-state index contributed by atoms with van der Waals surface area (Å²) in [6.07, 6.45) is 3.33. The zero-order valence-corrected chi connectivity index (χ0v) is 21.3. The minimum Gasteiger partial charge on any atom is -0.497 e. The van der Waals surface area contributed by atoms with Crippen molar-refractivity contribution in [3.8, 4) is 5.75 Å². The molecule has 184 valence electrons. The number of piperidine rings is 1. The van der Waals surface area contributed by atoms with Crippen molar-refractivity contribution in [2.75, 3.05) is 39.1 Å². The summed E-state index contributed by atoms with van der Waals surface area (Å²) < 4.78 is 22.5. The number of alkyl halides is 1. The smallest absolute Gasteiger partial charge is 0.126 e. The molecule has 34 heavy (non-hydrogen) atoms. The van der Waals surface area contributed by atoms with Gasteiger partial charge in [0.25, 0.3) is 0 Å². The summed E-state index contributed by atoms with van der Waals surface area (Å²) in [7, 11) is 1.60. The van der Waals surface area contributed by atoms with Crippen LogP contribution >= 0.6 is 23.1 Å². The fourth-order valence-electron chi connectivity index (χ4n) is 4.83. The molecule has 4 rings (SSSR count). The van der Waals surface area contributed by atoms with Crippen LogP contribution in [0.3, 0.4) is 0 Å². The molecule has 0 aliphatic carbocycles. The maximum absolute atomic E-state index is 15.8. The Hall–Kier alpha value is -1.71. The van der Waals surface area contributed by atoms with Gasteiger partial charge in [-0.2, -0.15) is 0 Å². The number of benzene rings is 1. The van der Waals surface area contributed by atoms with E-state index in [-0.39, 0.29) is 18.6 Å². The Morgan fingerprint density at radius 3 is 2.82 bits per heavy atom. The third-order valence-electron chi connectivity index (χ3n) is 7.06. The lowest BCUT2D eigenvalue weighted by molar-refractivity contribution is 0.0322. The molecule has 3 heterocycles. The average Bonchev–Trinajstić information content (AvgIpc) is 3.40. The Morgan fingerprint density at radius 1 is 1.32 bits per heavy atom. The molecule has 0 amide bonds. The molecule has 1 aliphatic heterocycles. The summed E-state index contributed by atoms with van der Waals surface area (Å²) in [5.74, 6) is 1.74. The van der Waals surface area contributed by atoms with E-state index in [1.807, 2.05) is 30.0 Å². The van der Waals surface area contributed by atoms with Gasteiger partial charge in [-0.1, -0.05) is 6.07 Å². The molecule has 3 N–H and O–H groups in total. The van der Waals surface area contributed by atoms with Crippen molar-refractivity contribution >= 4 is 34.0 Å². The van der Waals surface area contributed by atoms with Crippen molar-refractivity contribution in [1.82, 2.24) is 9.88 Å². The van der Waals surface area contributed by atoms with Crippen molar-refractivity contribution in [2.24, 2.45) is 11.1 Å². The standard InChI is InChI=1S/C26H34FN3O2S2/c1-32-20-4-5-23-21(15-20)25(19(16-28)17-29-23)22(27)6-7-26(18-31)8-10-30(11-9-26)12-14-34-24-3-2-13-33-24/h2-5,13,15,17,22,31H,6-12,14,16,18,28H2,1H3/t22-/m0/s1. The monoisotopic (exact) mass is 503 g/mol. The molecular formula is C26H34FN3O2S2. The number of nitrogens with two attached hydrogens (primary N) is 1. The zero-order valence-electron chi connectivity index (χ0n) is 19.7. The summed E-state index contributed by atoms with van der Waals surface area (Å²) in [5.41, 5.74) is 7.80. The Labute approximate surface area is 209 Å². The molecule has 1 aromatic carbocycles. The lowest BCUT2D eigenvalue weighted by Crippen LogP contribution is -2.42. The summed E-state index contributed by atoms with van der Waals surface area (Å²) in [5, 5.41) is 13.1. The van der Waals surface area contributed by atoms with Crippen LogP contribution < -0.4 is 10.5 Å². The maximum atomic E-state index is 15.8. The van der Waals surface area contributed by atoms with Crippen LogP contribution in [-0.4, -0.2) is 54.1 Å². The van der Waals surface area contributed by atoms with Gasteiger partial charge in [-0.25, -0.2) is 4.39 Å². The summed E-state index contributed by atoms with van der Waals surface area (Å²) in [4.78, 5) is 6.92. The van der Waals surface area contributed by atoms with Crippen LogP contribution in [0, 0.1) is 5.41 Å². The predicted molar refractivity (Wildman–Crippen MR) is 140 cm³/mol. The molecule has 1 fully saturated rings. The quantitative estimate of drug-likeness (QED) is 0.341. The number of thioether (sulfide) groups is 1. The van der Waals surface area contributed by atoms with E-state index in [2.05, 4.69) is 27.4 Å². The molecule has 0 spiro atoms. The SMILES string of the molecule is COc1ccc2ncc(CN)c([C@@H](F)CCC3(CO)CCN(CCSc4cccs4)CC3)c2c1. The number of hydrogen-bond acceptors (Lipinski definition) is 7. The van der Waals surface area contributed by atoms with Gasteiger partial charge >= 0.3 is 0 Å². The Bertz CT molecular complexity index is 1050. The predicted octanol–water partition coefficient (Wildman–Crippen LogP) is 5.42. The van der Waals surface area contributed by atoms with Crippen LogP contribution in [0.4, 0.5) is 4.39 Å². The van der Waals surface area contributed by atoms with Crippen LogP contribution in [-0.2, 0) is 6.54 Å². The molecule has 1 saturated heterocycles. The number of aromatic nitrogens is 1. The fourth-order valence-corrected chi connectivity index (χ4v) is 6.69. The lowest BCUT2D eigenvalue weighted by Gasteiger charge is -2.41. The van der Waals surface area contributed by atoms with Crippen LogP contribution in [0.25, 0.3) is 10.9 Å². The van der Waals surface area contributed by atoms with Gasteiger partial charge in [0.1, 0.15) is 11.9 Å². The number of ether oxygens (including phenoxy) is 1. The number of pyridine rings is 1.